The Balaban J connectivity index is 3.10. The van der Waals surface area contributed by atoms with E-state index in [9.17, 15) is 9.59 Å². The van der Waals surface area contributed by atoms with Gasteiger partial charge in [-0.05, 0) is 0 Å². The summed E-state index contributed by atoms with van der Waals surface area (Å²) >= 11 is -1.47. The van der Waals surface area contributed by atoms with Crippen molar-refractivity contribution in [2.45, 2.75) is 13.8 Å². The Hall–Kier alpha value is -0.242. The molecule has 0 amide bonds. The summed E-state index contributed by atoms with van der Waals surface area (Å²) in [7, 11) is 0. The summed E-state index contributed by atoms with van der Waals surface area (Å²) in [6.07, 6.45) is 0. The van der Waals surface area contributed by atoms with Gasteiger partial charge in [-0.25, -0.2) is 0 Å². The molecule has 0 saturated carbocycles. The van der Waals surface area contributed by atoms with Crippen molar-refractivity contribution in [1.82, 2.24) is 0 Å². The molecule has 0 N–H and O–H groups in total. The van der Waals surface area contributed by atoms with Crippen LogP contribution in [-0.2, 0) is 15.6 Å². The molecule has 0 bridgehead atoms. The van der Waals surface area contributed by atoms with Crippen molar-refractivity contribution in [3.63, 3.8) is 0 Å². The SMILES string of the molecule is CC(=O)[O][Sb][O]C(C)=O. The second-order valence-corrected chi connectivity index (χ2v) is 2.71. The van der Waals surface area contributed by atoms with Crippen LogP contribution in [0.5, 0.6) is 0 Å². The number of hydrogen-bond donors (Lipinski definition) is 0. The van der Waals surface area contributed by atoms with Crippen LogP contribution < -0.4 is 0 Å². The molecule has 0 fully saturated rings. The molecule has 0 aromatic carbocycles. The van der Waals surface area contributed by atoms with Crippen LogP contribution >= 0.6 is 0 Å². The minimum absolute atomic E-state index is 0.395. The van der Waals surface area contributed by atoms with Gasteiger partial charge in [-0.2, -0.15) is 0 Å². The first-order chi connectivity index (χ1) is 4.13. The summed E-state index contributed by atoms with van der Waals surface area (Å²) in [4.78, 5) is 20.1. The van der Waals surface area contributed by atoms with E-state index in [4.69, 9.17) is 0 Å². The molecule has 9 heavy (non-hydrogen) atoms. The zero-order chi connectivity index (χ0) is 7.28. The van der Waals surface area contributed by atoms with Crippen molar-refractivity contribution in [3.05, 3.63) is 0 Å². The van der Waals surface area contributed by atoms with Gasteiger partial charge in [0.2, 0.25) is 0 Å². The van der Waals surface area contributed by atoms with Crippen molar-refractivity contribution in [1.29, 1.82) is 0 Å². The van der Waals surface area contributed by atoms with Gasteiger partial charge in [-0.3, -0.25) is 0 Å². The van der Waals surface area contributed by atoms with Gasteiger partial charge in [0, 0.05) is 0 Å². The third-order valence-electron chi connectivity index (χ3n) is 0.332. The van der Waals surface area contributed by atoms with Crippen LogP contribution in [0.3, 0.4) is 0 Å². The molecule has 4 nitrogen and oxygen atoms in total. The van der Waals surface area contributed by atoms with Crippen molar-refractivity contribution in [2.75, 3.05) is 0 Å². The van der Waals surface area contributed by atoms with Crippen LogP contribution in [0.25, 0.3) is 0 Å². The molecule has 0 aliphatic heterocycles. The maximum absolute atomic E-state index is 10.0. The van der Waals surface area contributed by atoms with Crippen LogP contribution in [0.1, 0.15) is 13.8 Å². The van der Waals surface area contributed by atoms with Crippen molar-refractivity contribution in [2.24, 2.45) is 0 Å². The van der Waals surface area contributed by atoms with E-state index in [1.807, 2.05) is 0 Å². The molecule has 0 spiro atoms. The Morgan fingerprint density at radius 3 is 1.67 bits per heavy atom. The van der Waals surface area contributed by atoms with Gasteiger partial charge in [0.25, 0.3) is 0 Å². The zero-order valence-corrected chi connectivity index (χ0v) is 7.63. The van der Waals surface area contributed by atoms with E-state index >= 15 is 0 Å². The normalized spacial score (nSPS) is 8.22. The Labute approximate surface area is 64.2 Å². The molecule has 0 heterocycles. The predicted octanol–water partition coefficient (Wildman–Crippen LogP) is -0.353. The average Bonchev–Trinajstić information content (AvgIpc) is 1.63. The fourth-order valence-corrected chi connectivity index (χ4v) is 0.829. The molecule has 51 valence electrons. The van der Waals surface area contributed by atoms with E-state index in [1.54, 1.807) is 0 Å². The molecule has 0 unspecified atom stereocenters. The van der Waals surface area contributed by atoms with Gasteiger partial charge >= 0.3 is 63.9 Å². The second kappa shape index (κ2) is 4.62. The predicted molar refractivity (Wildman–Crippen MR) is 29.3 cm³/mol. The number of carbonyl (C=O) groups excluding carboxylic acids is 2. The molecule has 0 aliphatic rings. The first kappa shape index (κ1) is 8.76. The van der Waals surface area contributed by atoms with Gasteiger partial charge < -0.3 is 0 Å². The Morgan fingerprint density at radius 1 is 1.11 bits per heavy atom. The molecule has 5 heteroatoms. The van der Waals surface area contributed by atoms with Crippen molar-refractivity contribution < 1.29 is 15.6 Å². The Kier molecular flexibility index (Phi) is 4.50. The Morgan fingerprint density at radius 2 is 1.44 bits per heavy atom. The molecular weight excluding hydrogens is 234 g/mol. The van der Waals surface area contributed by atoms with E-state index in [2.05, 4.69) is 6.03 Å². The molecule has 0 aliphatic carbocycles. The fraction of sp³-hybridized carbons (Fsp3) is 0.500. The summed E-state index contributed by atoms with van der Waals surface area (Å²) in [5, 5.41) is 0. The van der Waals surface area contributed by atoms with E-state index in [0.29, 0.717) is 0 Å². The molecule has 0 atom stereocenters. The fourth-order valence-electron chi connectivity index (χ4n) is 0.124. The summed E-state index contributed by atoms with van der Waals surface area (Å²) in [6.45, 7) is 2.55. The third kappa shape index (κ3) is 7.76. The van der Waals surface area contributed by atoms with Gasteiger partial charge in [0.05, 0.1) is 0 Å². The summed E-state index contributed by atoms with van der Waals surface area (Å²) in [6, 6.07) is 0. The molecule has 0 rings (SSSR count). The van der Waals surface area contributed by atoms with Crippen LogP contribution in [0.2, 0.25) is 0 Å². The van der Waals surface area contributed by atoms with Gasteiger partial charge in [-0.15, -0.1) is 0 Å². The second-order valence-electron chi connectivity index (χ2n) is 1.24. The first-order valence-corrected chi connectivity index (χ1v) is 4.27. The van der Waals surface area contributed by atoms with Gasteiger partial charge in [0.1, 0.15) is 0 Å². The van der Waals surface area contributed by atoms with E-state index in [1.165, 1.54) is 13.8 Å². The quantitative estimate of drug-likeness (QED) is 0.618. The van der Waals surface area contributed by atoms with E-state index in [0.717, 1.165) is 0 Å². The summed E-state index contributed by atoms with van der Waals surface area (Å²) in [5.41, 5.74) is 0. The van der Waals surface area contributed by atoms with Gasteiger partial charge in [-0.1, -0.05) is 0 Å². The number of rotatable bonds is 2. The van der Waals surface area contributed by atoms with E-state index in [-0.39, 0.29) is 0 Å². The minimum atomic E-state index is -1.47. The number of hydrogen-bond acceptors (Lipinski definition) is 4. The van der Waals surface area contributed by atoms with Crippen LogP contribution in [-0.4, -0.2) is 34.4 Å². The topological polar surface area (TPSA) is 52.6 Å². The standard InChI is InChI=1S/2C2H4O2.Sb/c2*1-2(3)4;/h2*1H3,(H,3,4);/q;;+2/p-2. The molecule has 0 aromatic rings. The van der Waals surface area contributed by atoms with Crippen LogP contribution in [0.15, 0.2) is 0 Å². The molecular formula is C4H6O4Sb. The first-order valence-electron chi connectivity index (χ1n) is 2.18. The Bertz CT molecular complexity index is 108. The van der Waals surface area contributed by atoms with Crippen molar-refractivity contribution in [3.8, 4) is 0 Å². The van der Waals surface area contributed by atoms with Crippen molar-refractivity contribution >= 4 is 34.4 Å². The molecule has 0 aromatic heterocycles. The van der Waals surface area contributed by atoms with E-state index < -0.39 is 34.4 Å². The number of carbonyl (C=O) groups is 2. The molecule has 0 saturated heterocycles. The third-order valence-corrected chi connectivity index (χ3v) is 2.22. The maximum atomic E-state index is 10.0. The summed E-state index contributed by atoms with van der Waals surface area (Å²) < 4.78 is 8.84. The van der Waals surface area contributed by atoms with Crippen LogP contribution in [0.4, 0.5) is 0 Å². The molecule has 1 radical (unpaired) electrons. The van der Waals surface area contributed by atoms with Gasteiger partial charge in [0.15, 0.2) is 0 Å². The summed E-state index contributed by atoms with van der Waals surface area (Å²) in [5.74, 6) is -0.790. The average molecular weight is 240 g/mol. The zero-order valence-electron chi connectivity index (χ0n) is 5.08. The monoisotopic (exact) mass is 239 g/mol. The van der Waals surface area contributed by atoms with Crippen LogP contribution in [0, 0.1) is 0 Å².